The minimum absolute atomic E-state index is 0.000215. The highest BCUT2D eigenvalue weighted by Crippen LogP contribution is 2.11. The van der Waals surface area contributed by atoms with Gasteiger partial charge in [-0.05, 0) is 13.8 Å². The Hall–Kier alpha value is -1.40. The summed E-state index contributed by atoms with van der Waals surface area (Å²) in [4.78, 5) is 19.7. The molecule has 1 amide bonds. The standard InChI is InChI=1S/C12H19ClN4O2/c1-8(2)15-12(18)4-5-14-10-6-9(13)16-11(17-10)7-19-3/h6,8H,4-5,7H2,1-3H3,(H,15,18)(H,14,16,17). The van der Waals surface area contributed by atoms with Crippen molar-refractivity contribution >= 4 is 23.3 Å². The van der Waals surface area contributed by atoms with Gasteiger partial charge >= 0.3 is 0 Å². The number of nitrogens with zero attached hydrogens (tertiary/aromatic N) is 2. The number of nitrogens with one attached hydrogen (secondary N) is 2. The first-order valence-corrected chi connectivity index (χ1v) is 6.44. The summed E-state index contributed by atoms with van der Waals surface area (Å²) < 4.78 is 4.95. The molecule has 106 valence electrons. The summed E-state index contributed by atoms with van der Waals surface area (Å²) in [5.74, 6) is 1.09. The second-order valence-electron chi connectivity index (χ2n) is 4.32. The molecule has 0 aliphatic carbocycles. The Bertz CT molecular complexity index is 426. The van der Waals surface area contributed by atoms with E-state index in [1.165, 1.54) is 0 Å². The van der Waals surface area contributed by atoms with E-state index in [-0.39, 0.29) is 11.9 Å². The molecule has 0 aliphatic rings. The van der Waals surface area contributed by atoms with E-state index in [2.05, 4.69) is 20.6 Å². The molecule has 0 aliphatic heterocycles. The minimum atomic E-state index is -0.000215. The normalized spacial score (nSPS) is 10.6. The number of carbonyl (C=O) groups excluding carboxylic acids is 1. The molecule has 6 nitrogen and oxygen atoms in total. The lowest BCUT2D eigenvalue weighted by atomic mass is 10.3. The van der Waals surface area contributed by atoms with Crippen molar-refractivity contribution < 1.29 is 9.53 Å². The van der Waals surface area contributed by atoms with Crippen LogP contribution in [0.1, 0.15) is 26.1 Å². The van der Waals surface area contributed by atoms with Gasteiger partial charge in [0.25, 0.3) is 0 Å². The van der Waals surface area contributed by atoms with Crippen molar-refractivity contribution in [1.82, 2.24) is 15.3 Å². The van der Waals surface area contributed by atoms with Gasteiger partial charge in [-0.2, -0.15) is 0 Å². The molecule has 19 heavy (non-hydrogen) atoms. The largest absolute Gasteiger partial charge is 0.377 e. The van der Waals surface area contributed by atoms with Crippen LogP contribution in [-0.2, 0) is 16.1 Å². The van der Waals surface area contributed by atoms with Gasteiger partial charge < -0.3 is 15.4 Å². The third kappa shape index (κ3) is 6.35. The van der Waals surface area contributed by atoms with E-state index < -0.39 is 0 Å². The molecular formula is C12H19ClN4O2. The molecule has 7 heteroatoms. The number of carbonyl (C=O) groups is 1. The van der Waals surface area contributed by atoms with Crippen molar-refractivity contribution in [3.05, 3.63) is 17.0 Å². The zero-order valence-electron chi connectivity index (χ0n) is 11.4. The van der Waals surface area contributed by atoms with E-state index in [0.717, 1.165) is 0 Å². The Morgan fingerprint density at radius 3 is 2.84 bits per heavy atom. The van der Waals surface area contributed by atoms with Crippen LogP contribution in [0.25, 0.3) is 0 Å². The first kappa shape index (κ1) is 15.7. The Kier molecular flexibility index (Phi) is 6.52. The summed E-state index contributed by atoms with van der Waals surface area (Å²) >= 11 is 5.87. The lowest BCUT2D eigenvalue weighted by molar-refractivity contribution is -0.121. The molecule has 1 heterocycles. The molecule has 0 bridgehead atoms. The quantitative estimate of drug-likeness (QED) is 0.745. The predicted molar refractivity (Wildman–Crippen MR) is 74.1 cm³/mol. The van der Waals surface area contributed by atoms with Crippen LogP contribution in [0.15, 0.2) is 6.07 Å². The van der Waals surface area contributed by atoms with Crippen molar-refractivity contribution in [2.75, 3.05) is 19.0 Å². The number of hydrogen-bond donors (Lipinski definition) is 2. The molecule has 1 aromatic heterocycles. The van der Waals surface area contributed by atoms with Crippen LogP contribution < -0.4 is 10.6 Å². The van der Waals surface area contributed by atoms with Crippen LogP contribution in [0.3, 0.4) is 0 Å². The number of hydrogen-bond acceptors (Lipinski definition) is 5. The monoisotopic (exact) mass is 286 g/mol. The van der Waals surface area contributed by atoms with Gasteiger partial charge in [0.1, 0.15) is 17.6 Å². The SMILES string of the molecule is COCc1nc(Cl)cc(NCCC(=O)NC(C)C)n1. The van der Waals surface area contributed by atoms with Gasteiger partial charge in [-0.1, -0.05) is 11.6 Å². The molecule has 1 rings (SSSR count). The van der Waals surface area contributed by atoms with Crippen LogP contribution in [-0.4, -0.2) is 35.6 Å². The van der Waals surface area contributed by atoms with Crippen LogP contribution in [0.2, 0.25) is 5.15 Å². The average molecular weight is 287 g/mol. The first-order chi connectivity index (χ1) is 9.01. The summed E-state index contributed by atoms with van der Waals surface area (Å²) in [5, 5.41) is 6.19. The maximum atomic E-state index is 11.5. The van der Waals surface area contributed by atoms with E-state index in [9.17, 15) is 4.79 Å². The summed E-state index contributed by atoms with van der Waals surface area (Å²) in [6.45, 7) is 4.63. The second-order valence-corrected chi connectivity index (χ2v) is 4.71. The lowest BCUT2D eigenvalue weighted by Gasteiger charge is -2.10. The van der Waals surface area contributed by atoms with Gasteiger partial charge in [-0.3, -0.25) is 4.79 Å². The summed E-state index contributed by atoms with van der Waals surface area (Å²) in [5.41, 5.74) is 0. The third-order valence-corrected chi connectivity index (χ3v) is 2.32. The molecular weight excluding hydrogens is 268 g/mol. The zero-order chi connectivity index (χ0) is 14.3. The highest BCUT2D eigenvalue weighted by molar-refractivity contribution is 6.29. The average Bonchev–Trinajstić information content (AvgIpc) is 2.27. The maximum absolute atomic E-state index is 11.5. The van der Waals surface area contributed by atoms with Gasteiger partial charge in [-0.15, -0.1) is 0 Å². The lowest BCUT2D eigenvalue weighted by Crippen LogP contribution is -2.31. The number of rotatable bonds is 7. The Morgan fingerprint density at radius 1 is 1.47 bits per heavy atom. The fourth-order valence-corrected chi connectivity index (χ4v) is 1.65. The molecule has 2 N–H and O–H groups in total. The number of aromatic nitrogens is 2. The van der Waals surface area contributed by atoms with Crippen molar-refractivity contribution in [2.45, 2.75) is 32.9 Å². The van der Waals surface area contributed by atoms with Crippen molar-refractivity contribution in [3.63, 3.8) is 0 Å². The molecule has 0 spiro atoms. The molecule has 0 fully saturated rings. The molecule has 0 radical (unpaired) electrons. The number of ether oxygens (including phenoxy) is 1. The number of amides is 1. The third-order valence-electron chi connectivity index (χ3n) is 2.12. The van der Waals surface area contributed by atoms with E-state index in [4.69, 9.17) is 16.3 Å². The number of halogens is 1. The van der Waals surface area contributed by atoms with E-state index >= 15 is 0 Å². The Morgan fingerprint density at radius 2 is 2.21 bits per heavy atom. The topological polar surface area (TPSA) is 76.1 Å². The van der Waals surface area contributed by atoms with Crippen molar-refractivity contribution in [3.8, 4) is 0 Å². The maximum Gasteiger partial charge on any atom is 0.221 e. The van der Waals surface area contributed by atoms with Gasteiger partial charge in [0.15, 0.2) is 5.82 Å². The number of methoxy groups -OCH3 is 1. The van der Waals surface area contributed by atoms with Crippen LogP contribution in [0, 0.1) is 0 Å². The highest BCUT2D eigenvalue weighted by atomic mass is 35.5. The van der Waals surface area contributed by atoms with Crippen LogP contribution in [0.5, 0.6) is 0 Å². The Balaban J connectivity index is 2.46. The highest BCUT2D eigenvalue weighted by Gasteiger charge is 2.05. The summed E-state index contributed by atoms with van der Waals surface area (Å²) in [6.07, 6.45) is 0.374. The van der Waals surface area contributed by atoms with Crippen molar-refractivity contribution in [1.29, 1.82) is 0 Å². The Labute approximate surface area is 117 Å². The van der Waals surface area contributed by atoms with Crippen LogP contribution in [0.4, 0.5) is 5.82 Å². The zero-order valence-corrected chi connectivity index (χ0v) is 12.1. The van der Waals surface area contributed by atoms with Crippen LogP contribution >= 0.6 is 11.6 Å². The van der Waals surface area contributed by atoms with Gasteiger partial charge in [0.05, 0.1) is 0 Å². The number of anilines is 1. The van der Waals surface area contributed by atoms with Gasteiger partial charge in [0.2, 0.25) is 5.91 Å². The molecule has 0 unspecified atom stereocenters. The smallest absolute Gasteiger partial charge is 0.221 e. The van der Waals surface area contributed by atoms with E-state index in [1.54, 1.807) is 13.2 Å². The molecule has 0 atom stereocenters. The second kappa shape index (κ2) is 7.91. The fourth-order valence-electron chi connectivity index (χ4n) is 1.45. The van der Waals surface area contributed by atoms with Crippen molar-refractivity contribution in [2.24, 2.45) is 0 Å². The minimum Gasteiger partial charge on any atom is -0.377 e. The molecule has 0 saturated carbocycles. The van der Waals surface area contributed by atoms with Gasteiger partial charge in [0, 0.05) is 32.2 Å². The van der Waals surface area contributed by atoms with Gasteiger partial charge in [-0.25, -0.2) is 9.97 Å². The fraction of sp³-hybridized carbons (Fsp3) is 0.583. The molecule has 1 aromatic rings. The summed E-state index contributed by atoms with van der Waals surface area (Å²) in [7, 11) is 1.56. The molecule has 0 aromatic carbocycles. The first-order valence-electron chi connectivity index (χ1n) is 6.07. The predicted octanol–water partition coefficient (Wildman–Crippen LogP) is 1.60. The molecule has 0 saturated heterocycles. The van der Waals surface area contributed by atoms with E-state index in [1.807, 2.05) is 13.8 Å². The van der Waals surface area contributed by atoms with E-state index in [0.29, 0.717) is 36.4 Å². The summed E-state index contributed by atoms with van der Waals surface area (Å²) in [6, 6.07) is 1.76.